The van der Waals surface area contributed by atoms with Crippen LogP contribution in [-0.4, -0.2) is 76.5 Å². The second-order valence-corrected chi connectivity index (χ2v) is 11.4. The third kappa shape index (κ3) is 10.9. The van der Waals surface area contributed by atoms with Crippen LogP contribution in [-0.2, 0) is 30.3 Å². The Bertz CT molecular complexity index is 1280. The van der Waals surface area contributed by atoms with Crippen molar-refractivity contribution in [3.05, 3.63) is 71.8 Å². The Morgan fingerprint density at radius 3 is 2.29 bits per heavy atom. The van der Waals surface area contributed by atoms with Gasteiger partial charge in [-0.2, -0.15) is 0 Å². The number of hydrogen-bond acceptors (Lipinski definition) is 7. The van der Waals surface area contributed by atoms with Gasteiger partial charge in [-0.05, 0) is 69.6 Å². The number of carboxylic acid groups (broad SMARTS) is 1. The number of rotatable bonds is 15. The van der Waals surface area contributed by atoms with Crippen molar-refractivity contribution in [2.75, 3.05) is 13.2 Å². The van der Waals surface area contributed by atoms with Crippen LogP contribution >= 0.6 is 12.4 Å². The lowest BCUT2D eigenvalue weighted by Gasteiger charge is -2.37. The van der Waals surface area contributed by atoms with Crippen LogP contribution in [0.4, 0.5) is 0 Å². The molecule has 3 rings (SSSR count). The van der Waals surface area contributed by atoms with Crippen LogP contribution in [0.5, 0.6) is 0 Å². The van der Waals surface area contributed by atoms with Gasteiger partial charge in [0.15, 0.2) is 0 Å². The number of nitrogens with zero attached hydrogens (tertiary/aromatic N) is 1. The molecular weight excluding hydrogens is 600 g/mol. The largest absolute Gasteiger partial charge is 0.480 e. The van der Waals surface area contributed by atoms with Gasteiger partial charge in [0.05, 0.1) is 18.2 Å². The second kappa shape index (κ2) is 18.1. The second-order valence-electron chi connectivity index (χ2n) is 11.4. The van der Waals surface area contributed by atoms with Gasteiger partial charge in [0.1, 0.15) is 17.6 Å². The van der Waals surface area contributed by atoms with E-state index in [0.29, 0.717) is 50.6 Å². The molecule has 1 heterocycles. The summed E-state index contributed by atoms with van der Waals surface area (Å²) in [7, 11) is 0. The summed E-state index contributed by atoms with van der Waals surface area (Å²) < 4.78 is 5.27. The fourth-order valence-corrected chi connectivity index (χ4v) is 5.11. The first kappa shape index (κ1) is 37.2. The molecule has 11 nitrogen and oxygen atoms in total. The molecule has 5 N–H and O–H groups in total. The number of carbonyl (C=O) groups is 5. The number of benzene rings is 2. The van der Waals surface area contributed by atoms with Crippen LogP contribution in [0.3, 0.4) is 0 Å². The van der Waals surface area contributed by atoms with Crippen molar-refractivity contribution in [2.24, 2.45) is 5.73 Å². The fourth-order valence-electron chi connectivity index (χ4n) is 5.11. The highest BCUT2D eigenvalue weighted by Crippen LogP contribution is 2.20. The SMILES string of the molecule is CC[C@](C)(NC(=O)[C@@H](N)CCCCOC(=O)c1ccccc1)C(=O)N[C@@H](Cc1ccccc1)C(=O)N1CCCC[C@@H]1C(=O)O.Cl. The topological polar surface area (TPSA) is 168 Å². The number of aliphatic carboxylic acids is 1. The van der Waals surface area contributed by atoms with E-state index in [9.17, 15) is 29.1 Å². The zero-order valence-electron chi connectivity index (χ0n) is 25.9. The van der Waals surface area contributed by atoms with E-state index in [1.54, 1.807) is 38.1 Å². The molecule has 1 aliphatic heterocycles. The van der Waals surface area contributed by atoms with Crippen molar-refractivity contribution in [3.63, 3.8) is 0 Å². The number of carbonyl (C=O) groups excluding carboxylic acids is 4. The maximum atomic E-state index is 13.7. The summed E-state index contributed by atoms with van der Waals surface area (Å²) in [5.41, 5.74) is 6.03. The minimum absolute atomic E-state index is 0. The van der Waals surface area contributed by atoms with Crippen molar-refractivity contribution in [3.8, 4) is 0 Å². The van der Waals surface area contributed by atoms with E-state index < -0.39 is 53.3 Å². The summed E-state index contributed by atoms with van der Waals surface area (Å²) in [5.74, 6) is -3.04. The van der Waals surface area contributed by atoms with Crippen molar-refractivity contribution in [2.45, 2.75) is 88.9 Å². The first-order valence-corrected chi connectivity index (χ1v) is 15.2. The number of carboxylic acids is 1. The maximum Gasteiger partial charge on any atom is 0.338 e. The van der Waals surface area contributed by atoms with Crippen LogP contribution in [0.15, 0.2) is 60.7 Å². The summed E-state index contributed by atoms with van der Waals surface area (Å²) >= 11 is 0. The average molecular weight is 645 g/mol. The summed E-state index contributed by atoms with van der Waals surface area (Å²) in [6.07, 6.45) is 3.48. The quantitative estimate of drug-likeness (QED) is 0.169. The van der Waals surface area contributed by atoms with Crippen molar-refractivity contribution in [1.29, 1.82) is 0 Å². The average Bonchev–Trinajstić information content (AvgIpc) is 3.04. The van der Waals surface area contributed by atoms with Gasteiger partial charge in [0.2, 0.25) is 17.7 Å². The number of nitrogens with one attached hydrogen (secondary N) is 2. The lowest BCUT2D eigenvalue weighted by atomic mass is 9.94. The molecule has 0 radical (unpaired) electrons. The molecular formula is C33H45ClN4O7. The molecule has 4 atom stereocenters. The van der Waals surface area contributed by atoms with Crippen molar-refractivity contribution >= 4 is 42.1 Å². The van der Waals surface area contributed by atoms with Gasteiger partial charge in [-0.1, -0.05) is 55.5 Å². The zero-order chi connectivity index (χ0) is 32.1. The number of esters is 1. The van der Waals surface area contributed by atoms with Crippen LogP contribution < -0.4 is 16.4 Å². The van der Waals surface area contributed by atoms with E-state index in [1.165, 1.54) is 4.90 Å². The maximum absolute atomic E-state index is 13.7. The van der Waals surface area contributed by atoms with Crippen LogP contribution in [0, 0.1) is 0 Å². The minimum Gasteiger partial charge on any atom is -0.480 e. The molecule has 0 saturated carbocycles. The number of likely N-dealkylation sites (tertiary alicyclic amines) is 1. The molecule has 0 aliphatic carbocycles. The van der Waals surface area contributed by atoms with E-state index in [1.807, 2.05) is 36.4 Å². The predicted octanol–water partition coefficient (Wildman–Crippen LogP) is 3.24. The summed E-state index contributed by atoms with van der Waals surface area (Å²) in [4.78, 5) is 65.7. The Hall–Kier alpha value is -3.96. The summed E-state index contributed by atoms with van der Waals surface area (Å²) in [6.45, 7) is 3.79. The number of unbranched alkanes of at least 4 members (excludes halogenated alkanes) is 1. The molecule has 0 bridgehead atoms. The molecule has 0 spiro atoms. The van der Waals surface area contributed by atoms with Gasteiger partial charge < -0.3 is 31.1 Å². The molecule has 3 amide bonds. The van der Waals surface area contributed by atoms with E-state index in [-0.39, 0.29) is 31.9 Å². The third-order valence-electron chi connectivity index (χ3n) is 8.05. The smallest absolute Gasteiger partial charge is 0.338 e. The number of nitrogens with two attached hydrogens (primary N) is 1. The molecule has 1 aliphatic rings. The van der Waals surface area contributed by atoms with E-state index in [4.69, 9.17) is 10.5 Å². The van der Waals surface area contributed by atoms with Gasteiger partial charge in [0.25, 0.3) is 0 Å². The normalized spacial score (nSPS) is 17.0. The lowest BCUT2D eigenvalue weighted by molar-refractivity contribution is -0.153. The number of halogens is 1. The highest BCUT2D eigenvalue weighted by molar-refractivity contribution is 5.96. The molecule has 1 saturated heterocycles. The standard InChI is InChI=1S/C33H44N4O7.ClH/c1-3-33(2,36-28(38)25(34)18-11-13-21-44-31(42)24-16-8-5-9-17-24)32(43)35-26(22-23-14-6-4-7-15-23)29(39)37-20-12-10-19-27(37)30(40)41;/h4-9,14-17,25-27H,3,10-13,18-22,34H2,1-2H3,(H,35,43)(H,36,38)(H,40,41);1H/t25-,26-,27+,33-;/m0./s1. The minimum atomic E-state index is -1.37. The van der Waals surface area contributed by atoms with Crippen LogP contribution in [0.1, 0.15) is 74.7 Å². The number of hydrogen-bond donors (Lipinski definition) is 4. The zero-order valence-corrected chi connectivity index (χ0v) is 26.7. The molecule has 2 aromatic rings. The molecule has 1 fully saturated rings. The van der Waals surface area contributed by atoms with Crippen LogP contribution in [0.25, 0.3) is 0 Å². The van der Waals surface area contributed by atoms with E-state index in [0.717, 1.165) is 5.56 Å². The van der Waals surface area contributed by atoms with Gasteiger partial charge in [0, 0.05) is 13.0 Å². The monoisotopic (exact) mass is 644 g/mol. The Morgan fingerprint density at radius 2 is 1.67 bits per heavy atom. The molecule has 2 aromatic carbocycles. The third-order valence-corrected chi connectivity index (χ3v) is 8.05. The van der Waals surface area contributed by atoms with Crippen molar-refractivity contribution in [1.82, 2.24) is 15.5 Å². The van der Waals surface area contributed by atoms with Crippen molar-refractivity contribution < 1.29 is 33.8 Å². The highest BCUT2D eigenvalue weighted by Gasteiger charge is 2.40. The Morgan fingerprint density at radius 1 is 1.02 bits per heavy atom. The Labute approximate surface area is 270 Å². The fraction of sp³-hybridized carbons (Fsp3) is 0.485. The molecule has 246 valence electrons. The number of piperidine rings is 1. The molecule has 0 unspecified atom stereocenters. The molecule has 12 heteroatoms. The summed E-state index contributed by atoms with van der Waals surface area (Å²) in [5, 5.41) is 15.3. The lowest BCUT2D eigenvalue weighted by Crippen LogP contribution is -2.63. The number of amides is 3. The first-order chi connectivity index (χ1) is 21.1. The molecule has 0 aromatic heterocycles. The van der Waals surface area contributed by atoms with Gasteiger partial charge in [-0.25, -0.2) is 9.59 Å². The van der Waals surface area contributed by atoms with Gasteiger partial charge in [-0.3, -0.25) is 14.4 Å². The number of ether oxygens (including phenoxy) is 1. The Balaban J connectivity index is 0.00000705. The summed E-state index contributed by atoms with van der Waals surface area (Å²) in [6, 6.07) is 14.9. The highest BCUT2D eigenvalue weighted by atomic mass is 35.5. The van der Waals surface area contributed by atoms with Gasteiger partial charge >= 0.3 is 11.9 Å². The van der Waals surface area contributed by atoms with Gasteiger partial charge in [-0.15, -0.1) is 12.4 Å². The van der Waals surface area contributed by atoms with E-state index in [2.05, 4.69) is 10.6 Å². The first-order valence-electron chi connectivity index (χ1n) is 15.2. The predicted molar refractivity (Wildman–Crippen MR) is 172 cm³/mol. The Kier molecular flexibility index (Phi) is 15.0. The molecule has 45 heavy (non-hydrogen) atoms. The van der Waals surface area contributed by atoms with Crippen LogP contribution in [0.2, 0.25) is 0 Å². The van der Waals surface area contributed by atoms with E-state index >= 15 is 0 Å².